The monoisotopic (exact) mass is 241 g/mol. The highest BCUT2D eigenvalue weighted by molar-refractivity contribution is 5.54. The standard InChI is InChI=1S/C13H20FNO2/c1-9(16)12-10(14)6-5-7-11(12)15(4)8-13(2,3)17/h5-7,9,16-17H,8H2,1-4H3/t9-/m1/s1. The van der Waals surface area contributed by atoms with Crippen LogP contribution in [-0.2, 0) is 0 Å². The third-order valence-corrected chi connectivity index (χ3v) is 2.48. The molecule has 0 aliphatic carbocycles. The van der Waals surface area contributed by atoms with Crippen LogP contribution in [0, 0.1) is 5.82 Å². The maximum Gasteiger partial charge on any atom is 0.131 e. The molecule has 0 aromatic heterocycles. The summed E-state index contributed by atoms with van der Waals surface area (Å²) in [6, 6.07) is 4.65. The molecule has 17 heavy (non-hydrogen) atoms. The van der Waals surface area contributed by atoms with Crippen molar-refractivity contribution in [2.75, 3.05) is 18.5 Å². The van der Waals surface area contributed by atoms with E-state index in [1.165, 1.54) is 13.0 Å². The average Bonchev–Trinajstić information content (AvgIpc) is 2.13. The lowest BCUT2D eigenvalue weighted by Gasteiger charge is -2.29. The minimum Gasteiger partial charge on any atom is -0.389 e. The predicted octanol–water partition coefficient (Wildman–Crippen LogP) is 2.09. The highest BCUT2D eigenvalue weighted by atomic mass is 19.1. The summed E-state index contributed by atoms with van der Waals surface area (Å²) in [5.41, 5.74) is -0.0156. The van der Waals surface area contributed by atoms with Gasteiger partial charge in [-0.05, 0) is 32.9 Å². The largest absolute Gasteiger partial charge is 0.389 e. The van der Waals surface area contributed by atoms with E-state index in [1.807, 2.05) is 0 Å². The third kappa shape index (κ3) is 3.68. The smallest absolute Gasteiger partial charge is 0.131 e. The zero-order valence-electron chi connectivity index (χ0n) is 10.7. The number of rotatable bonds is 4. The van der Waals surface area contributed by atoms with Crippen molar-refractivity contribution in [2.45, 2.75) is 32.5 Å². The van der Waals surface area contributed by atoms with E-state index in [2.05, 4.69) is 0 Å². The van der Waals surface area contributed by atoms with Gasteiger partial charge in [0.1, 0.15) is 5.82 Å². The fraction of sp³-hybridized carbons (Fsp3) is 0.538. The van der Waals surface area contributed by atoms with Crippen LogP contribution in [0.5, 0.6) is 0 Å². The lowest BCUT2D eigenvalue weighted by atomic mass is 10.0. The number of benzene rings is 1. The maximum atomic E-state index is 13.6. The first-order chi connectivity index (χ1) is 7.72. The van der Waals surface area contributed by atoms with Gasteiger partial charge in [0.25, 0.3) is 0 Å². The van der Waals surface area contributed by atoms with Crippen molar-refractivity contribution in [3.8, 4) is 0 Å². The summed E-state index contributed by atoms with van der Waals surface area (Å²) in [6.07, 6.45) is -0.879. The number of likely N-dealkylation sites (N-methyl/N-ethyl adjacent to an activating group) is 1. The summed E-state index contributed by atoms with van der Waals surface area (Å²) < 4.78 is 13.6. The number of halogens is 1. The highest BCUT2D eigenvalue weighted by Crippen LogP contribution is 2.28. The second-order valence-electron chi connectivity index (χ2n) is 5.02. The highest BCUT2D eigenvalue weighted by Gasteiger charge is 2.20. The molecule has 0 aliphatic rings. The first-order valence-electron chi connectivity index (χ1n) is 5.62. The molecule has 0 saturated carbocycles. The molecule has 0 radical (unpaired) electrons. The van der Waals surface area contributed by atoms with Gasteiger partial charge < -0.3 is 15.1 Å². The molecule has 0 amide bonds. The van der Waals surface area contributed by atoms with Gasteiger partial charge in [-0.2, -0.15) is 0 Å². The lowest BCUT2D eigenvalue weighted by Crippen LogP contribution is -2.36. The molecular formula is C13H20FNO2. The summed E-state index contributed by atoms with van der Waals surface area (Å²) in [5.74, 6) is -0.430. The molecule has 0 bridgehead atoms. The molecule has 2 N–H and O–H groups in total. The van der Waals surface area contributed by atoms with Crippen LogP contribution < -0.4 is 4.90 Å². The Morgan fingerprint density at radius 3 is 2.47 bits per heavy atom. The van der Waals surface area contributed by atoms with Crippen LogP contribution in [0.1, 0.15) is 32.4 Å². The molecule has 1 atom stereocenters. The number of hydrogen-bond acceptors (Lipinski definition) is 3. The van der Waals surface area contributed by atoms with Crippen LogP contribution >= 0.6 is 0 Å². The van der Waals surface area contributed by atoms with Crippen molar-refractivity contribution < 1.29 is 14.6 Å². The summed E-state index contributed by atoms with van der Waals surface area (Å²) >= 11 is 0. The van der Waals surface area contributed by atoms with Gasteiger partial charge in [-0.1, -0.05) is 6.07 Å². The topological polar surface area (TPSA) is 43.7 Å². The van der Waals surface area contributed by atoms with Gasteiger partial charge in [0.2, 0.25) is 0 Å². The molecular weight excluding hydrogens is 221 g/mol. The first-order valence-corrected chi connectivity index (χ1v) is 5.62. The number of hydrogen-bond donors (Lipinski definition) is 2. The fourth-order valence-corrected chi connectivity index (χ4v) is 1.94. The molecule has 1 aromatic carbocycles. The Morgan fingerprint density at radius 2 is 2.00 bits per heavy atom. The van der Waals surface area contributed by atoms with E-state index in [4.69, 9.17) is 0 Å². The Labute approximate surface area is 101 Å². The maximum absolute atomic E-state index is 13.6. The first kappa shape index (κ1) is 13.9. The quantitative estimate of drug-likeness (QED) is 0.848. The van der Waals surface area contributed by atoms with Crippen LogP contribution in [0.15, 0.2) is 18.2 Å². The molecule has 0 saturated heterocycles. The van der Waals surface area contributed by atoms with Crippen molar-refractivity contribution >= 4 is 5.69 Å². The number of aliphatic hydroxyl groups excluding tert-OH is 1. The van der Waals surface area contributed by atoms with Gasteiger partial charge in [0.15, 0.2) is 0 Å². The normalized spacial score (nSPS) is 13.6. The fourth-order valence-electron chi connectivity index (χ4n) is 1.94. The van der Waals surface area contributed by atoms with Gasteiger partial charge in [0.05, 0.1) is 11.7 Å². The lowest BCUT2D eigenvalue weighted by molar-refractivity contribution is 0.0883. The van der Waals surface area contributed by atoms with Crippen molar-refractivity contribution in [2.24, 2.45) is 0 Å². The summed E-state index contributed by atoms with van der Waals surface area (Å²) in [5, 5.41) is 19.4. The molecule has 3 nitrogen and oxygen atoms in total. The molecule has 0 unspecified atom stereocenters. The Balaban J connectivity index is 3.09. The number of aliphatic hydroxyl groups is 2. The van der Waals surface area contributed by atoms with E-state index in [0.717, 1.165) is 0 Å². The number of nitrogens with zero attached hydrogens (tertiary/aromatic N) is 1. The SMILES string of the molecule is C[C@@H](O)c1c(F)cccc1N(C)CC(C)(C)O. The minimum absolute atomic E-state index is 0.263. The van der Waals surface area contributed by atoms with Crippen LogP contribution in [0.25, 0.3) is 0 Å². The third-order valence-electron chi connectivity index (χ3n) is 2.48. The second-order valence-corrected chi connectivity index (χ2v) is 5.02. The summed E-state index contributed by atoms with van der Waals surface area (Å²) in [6.45, 7) is 5.26. The average molecular weight is 241 g/mol. The molecule has 96 valence electrons. The number of anilines is 1. The molecule has 4 heteroatoms. The van der Waals surface area contributed by atoms with Crippen LogP contribution in [0.4, 0.5) is 10.1 Å². The molecule has 1 rings (SSSR count). The van der Waals surface area contributed by atoms with E-state index in [1.54, 1.807) is 37.9 Å². The van der Waals surface area contributed by atoms with E-state index < -0.39 is 17.5 Å². The van der Waals surface area contributed by atoms with Gasteiger partial charge in [0, 0.05) is 24.8 Å². The van der Waals surface area contributed by atoms with Crippen LogP contribution in [0.2, 0.25) is 0 Å². The Hall–Kier alpha value is -1.13. The summed E-state index contributed by atoms with van der Waals surface area (Å²) in [7, 11) is 1.76. The Bertz CT molecular complexity index is 385. The second kappa shape index (κ2) is 5.02. The van der Waals surface area contributed by atoms with Gasteiger partial charge in [-0.15, -0.1) is 0 Å². The van der Waals surface area contributed by atoms with E-state index in [-0.39, 0.29) is 5.56 Å². The van der Waals surface area contributed by atoms with E-state index in [9.17, 15) is 14.6 Å². The Morgan fingerprint density at radius 1 is 1.41 bits per heavy atom. The van der Waals surface area contributed by atoms with Gasteiger partial charge in [-0.25, -0.2) is 4.39 Å². The van der Waals surface area contributed by atoms with Crippen molar-refractivity contribution in [3.63, 3.8) is 0 Å². The van der Waals surface area contributed by atoms with Crippen LogP contribution in [0.3, 0.4) is 0 Å². The van der Waals surface area contributed by atoms with Gasteiger partial charge >= 0.3 is 0 Å². The molecule has 0 heterocycles. The molecule has 1 aromatic rings. The van der Waals surface area contributed by atoms with Crippen LogP contribution in [-0.4, -0.2) is 29.4 Å². The predicted molar refractivity (Wildman–Crippen MR) is 66.6 cm³/mol. The van der Waals surface area contributed by atoms with Gasteiger partial charge in [-0.3, -0.25) is 0 Å². The molecule has 0 aliphatic heterocycles. The van der Waals surface area contributed by atoms with Crippen molar-refractivity contribution in [1.82, 2.24) is 0 Å². The minimum atomic E-state index is -0.879. The van der Waals surface area contributed by atoms with E-state index >= 15 is 0 Å². The van der Waals surface area contributed by atoms with Crippen molar-refractivity contribution in [3.05, 3.63) is 29.6 Å². The van der Waals surface area contributed by atoms with E-state index in [0.29, 0.717) is 12.2 Å². The molecule has 0 spiro atoms. The molecule has 0 fully saturated rings. The van der Waals surface area contributed by atoms with Crippen molar-refractivity contribution in [1.29, 1.82) is 0 Å². The zero-order chi connectivity index (χ0) is 13.2. The summed E-state index contributed by atoms with van der Waals surface area (Å²) in [4.78, 5) is 1.74. The Kier molecular flexibility index (Phi) is 4.11. The zero-order valence-corrected chi connectivity index (χ0v) is 10.7.